The van der Waals surface area contributed by atoms with Crippen LogP contribution in [-0.4, -0.2) is 16.4 Å². The molecule has 1 aromatic rings. The SMILES string of the molecule is Cc1nc(C)c(CNC(=O)C2(N)CCCCC2)s1. The van der Waals surface area contributed by atoms with Crippen molar-refractivity contribution in [2.45, 2.75) is 58.0 Å². The molecule has 1 heterocycles. The minimum Gasteiger partial charge on any atom is -0.350 e. The van der Waals surface area contributed by atoms with Crippen LogP contribution in [0.2, 0.25) is 0 Å². The lowest BCUT2D eigenvalue weighted by atomic mass is 9.82. The molecule has 100 valence electrons. The van der Waals surface area contributed by atoms with Crippen molar-refractivity contribution in [1.29, 1.82) is 0 Å². The highest BCUT2D eigenvalue weighted by atomic mass is 32.1. The Morgan fingerprint density at radius 3 is 2.61 bits per heavy atom. The standard InChI is InChI=1S/C13H21N3OS/c1-9-11(18-10(2)16-9)8-15-12(17)13(14)6-4-3-5-7-13/h3-8,14H2,1-2H3,(H,15,17). The fourth-order valence-corrected chi connectivity index (χ4v) is 3.36. The molecule has 0 aliphatic heterocycles. The largest absolute Gasteiger partial charge is 0.350 e. The molecule has 0 radical (unpaired) electrons. The number of thiazole rings is 1. The predicted molar refractivity (Wildman–Crippen MR) is 73.4 cm³/mol. The summed E-state index contributed by atoms with van der Waals surface area (Å²) in [6, 6.07) is 0. The Bertz CT molecular complexity index is 435. The highest BCUT2D eigenvalue weighted by Gasteiger charge is 2.35. The molecule has 1 amide bonds. The maximum Gasteiger partial charge on any atom is 0.240 e. The maximum absolute atomic E-state index is 12.2. The summed E-state index contributed by atoms with van der Waals surface area (Å²) in [5, 5.41) is 4.01. The van der Waals surface area contributed by atoms with Crippen molar-refractivity contribution < 1.29 is 4.79 Å². The topological polar surface area (TPSA) is 68.0 Å². The summed E-state index contributed by atoms with van der Waals surface area (Å²) < 4.78 is 0. The Morgan fingerprint density at radius 2 is 2.06 bits per heavy atom. The second kappa shape index (κ2) is 5.36. The van der Waals surface area contributed by atoms with Gasteiger partial charge in [-0.3, -0.25) is 4.79 Å². The fourth-order valence-electron chi connectivity index (χ4n) is 2.48. The molecule has 4 nitrogen and oxygen atoms in total. The average molecular weight is 267 g/mol. The molecule has 1 aromatic heterocycles. The van der Waals surface area contributed by atoms with Crippen LogP contribution in [0.1, 0.15) is 47.7 Å². The number of rotatable bonds is 3. The highest BCUT2D eigenvalue weighted by Crippen LogP contribution is 2.26. The number of carbonyl (C=O) groups excluding carboxylic acids is 1. The lowest BCUT2D eigenvalue weighted by Crippen LogP contribution is -2.54. The number of nitrogens with one attached hydrogen (secondary N) is 1. The van der Waals surface area contributed by atoms with Gasteiger partial charge < -0.3 is 11.1 Å². The molecule has 0 spiro atoms. The lowest BCUT2D eigenvalue weighted by molar-refractivity contribution is -0.127. The van der Waals surface area contributed by atoms with Crippen LogP contribution in [0.5, 0.6) is 0 Å². The summed E-state index contributed by atoms with van der Waals surface area (Å²) in [7, 11) is 0. The van der Waals surface area contributed by atoms with Crippen molar-refractivity contribution >= 4 is 17.2 Å². The summed E-state index contributed by atoms with van der Waals surface area (Å²) >= 11 is 1.64. The van der Waals surface area contributed by atoms with E-state index in [1.165, 1.54) is 6.42 Å². The number of nitrogens with zero attached hydrogens (tertiary/aromatic N) is 1. The van der Waals surface area contributed by atoms with E-state index < -0.39 is 5.54 Å². The van der Waals surface area contributed by atoms with E-state index in [-0.39, 0.29) is 5.91 Å². The molecule has 0 unspecified atom stereocenters. The monoisotopic (exact) mass is 267 g/mol. The summed E-state index contributed by atoms with van der Waals surface area (Å²) in [5.41, 5.74) is 6.55. The minimum absolute atomic E-state index is 0.00680. The van der Waals surface area contributed by atoms with Gasteiger partial charge in [0.15, 0.2) is 0 Å². The lowest BCUT2D eigenvalue weighted by Gasteiger charge is -2.31. The molecule has 0 bridgehead atoms. The van der Waals surface area contributed by atoms with E-state index in [1.807, 2.05) is 13.8 Å². The minimum atomic E-state index is -0.647. The van der Waals surface area contributed by atoms with Crippen molar-refractivity contribution in [3.63, 3.8) is 0 Å². The van der Waals surface area contributed by atoms with Crippen LogP contribution in [-0.2, 0) is 11.3 Å². The Hall–Kier alpha value is -0.940. The van der Waals surface area contributed by atoms with E-state index in [0.717, 1.165) is 41.3 Å². The van der Waals surface area contributed by atoms with Gasteiger partial charge in [-0.1, -0.05) is 19.3 Å². The van der Waals surface area contributed by atoms with Gasteiger partial charge in [-0.15, -0.1) is 11.3 Å². The van der Waals surface area contributed by atoms with Gasteiger partial charge in [0.25, 0.3) is 0 Å². The van der Waals surface area contributed by atoms with Crippen LogP contribution in [0.4, 0.5) is 0 Å². The molecule has 3 N–H and O–H groups in total. The van der Waals surface area contributed by atoms with Crippen LogP contribution in [0, 0.1) is 13.8 Å². The first-order valence-electron chi connectivity index (χ1n) is 6.51. The molecule has 0 atom stereocenters. The Morgan fingerprint density at radius 1 is 1.39 bits per heavy atom. The molecule has 18 heavy (non-hydrogen) atoms. The second-order valence-corrected chi connectivity index (χ2v) is 6.43. The first kappa shape index (κ1) is 13.5. The number of carbonyl (C=O) groups is 1. The number of aryl methyl sites for hydroxylation is 2. The van der Waals surface area contributed by atoms with Crippen molar-refractivity contribution in [3.8, 4) is 0 Å². The van der Waals surface area contributed by atoms with E-state index in [2.05, 4.69) is 10.3 Å². The number of amides is 1. The summed E-state index contributed by atoms with van der Waals surface area (Å²) in [6.45, 7) is 4.51. The van der Waals surface area contributed by atoms with Gasteiger partial charge in [0, 0.05) is 4.88 Å². The maximum atomic E-state index is 12.2. The third kappa shape index (κ3) is 2.90. The third-order valence-corrected chi connectivity index (χ3v) is 4.68. The van der Waals surface area contributed by atoms with Crippen LogP contribution in [0.15, 0.2) is 0 Å². The van der Waals surface area contributed by atoms with Gasteiger partial charge in [0.05, 0.1) is 22.8 Å². The van der Waals surface area contributed by atoms with E-state index in [1.54, 1.807) is 11.3 Å². The smallest absolute Gasteiger partial charge is 0.240 e. The van der Waals surface area contributed by atoms with E-state index >= 15 is 0 Å². The molecule has 1 aliphatic carbocycles. The van der Waals surface area contributed by atoms with E-state index in [9.17, 15) is 4.79 Å². The molecule has 1 saturated carbocycles. The van der Waals surface area contributed by atoms with Crippen molar-refractivity contribution in [2.75, 3.05) is 0 Å². The molecule has 1 fully saturated rings. The quantitative estimate of drug-likeness (QED) is 0.880. The third-order valence-electron chi connectivity index (χ3n) is 3.61. The zero-order valence-electron chi connectivity index (χ0n) is 11.1. The first-order valence-corrected chi connectivity index (χ1v) is 7.33. The normalized spacial score (nSPS) is 18.6. The van der Waals surface area contributed by atoms with E-state index in [4.69, 9.17) is 5.73 Å². The molecule has 0 aromatic carbocycles. The summed E-state index contributed by atoms with van der Waals surface area (Å²) in [4.78, 5) is 17.6. The molecular weight excluding hydrogens is 246 g/mol. The Labute approximate surface area is 112 Å². The number of hydrogen-bond donors (Lipinski definition) is 2. The van der Waals surface area contributed by atoms with Crippen molar-refractivity contribution in [3.05, 3.63) is 15.6 Å². The molecule has 5 heteroatoms. The summed E-state index contributed by atoms with van der Waals surface area (Å²) in [5.74, 6) is -0.00680. The van der Waals surface area contributed by atoms with Crippen LogP contribution >= 0.6 is 11.3 Å². The van der Waals surface area contributed by atoms with Crippen LogP contribution in [0.3, 0.4) is 0 Å². The van der Waals surface area contributed by atoms with E-state index in [0.29, 0.717) is 6.54 Å². The van der Waals surface area contributed by atoms with Gasteiger partial charge in [-0.2, -0.15) is 0 Å². The van der Waals surface area contributed by atoms with Gasteiger partial charge in [0.2, 0.25) is 5.91 Å². The summed E-state index contributed by atoms with van der Waals surface area (Å²) in [6.07, 6.45) is 4.92. The van der Waals surface area contributed by atoms with Gasteiger partial charge >= 0.3 is 0 Å². The molecular formula is C13H21N3OS. The van der Waals surface area contributed by atoms with Crippen molar-refractivity contribution in [1.82, 2.24) is 10.3 Å². The van der Waals surface area contributed by atoms with Crippen LogP contribution in [0.25, 0.3) is 0 Å². The van der Waals surface area contributed by atoms with Gasteiger partial charge in [0.1, 0.15) is 0 Å². The molecule has 1 aliphatic rings. The Kier molecular flexibility index (Phi) is 4.02. The predicted octanol–water partition coefficient (Wildman–Crippen LogP) is 2.04. The number of nitrogens with two attached hydrogens (primary N) is 1. The first-order chi connectivity index (χ1) is 8.51. The number of aromatic nitrogens is 1. The van der Waals surface area contributed by atoms with Gasteiger partial charge in [-0.25, -0.2) is 4.98 Å². The Balaban J connectivity index is 1.93. The zero-order valence-corrected chi connectivity index (χ0v) is 11.9. The molecule has 2 rings (SSSR count). The fraction of sp³-hybridized carbons (Fsp3) is 0.692. The van der Waals surface area contributed by atoms with Crippen molar-refractivity contribution in [2.24, 2.45) is 5.73 Å². The van der Waals surface area contributed by atoms with Gasteiger partial charge in [-0.05, 0) is 26.7 Å². The molecule has 0 saturated heterocycles. The average Bonchev–Trinajstić information content (AvgIpc) is 2.65. The second-order valence-electron chi connectivity index (χ2n) is 5.14. The van der Waals surface area contributed by atoms with Crippen LogP contribution < -0.4 is 11.1 Å². The highest BCUT2D eigenvalue weighted by molar-refractivity contribution is 7.11. The zero-order chi connectivity index (χ0) is 13.2. The number of hydrogen-bond acceptors (Lipinski definition) is 4.